The molecule has 1 saturated heterocycles. The van der Waals surface area contributed by atoms with E-state index in [1.165, 1.54) is 18.2 Å². The number of aromatic nitrogens is 2. The molecular formula is C19H22FN3O3. The molecule has 1 aromatic carbocycles. The second-order valence-electron chi connectivity index (χ2n) is 7.06. The summed E-state index contributed by atoms with van der Waals surface area (Å²) < 4.78 is 20.6. The quantitative estimate of drug-likeness (QED) is 0.908. The minimum Gasteiger partial charge on any atom is -0.375 e. The number of carbonyl (C=O) groups excluding carboxylic acids is 1. The molecule has 0 unspecified atom stereocenters. The molecule has 0 aliphatic carbocycles. The summed E-state index contributed by atoms with van der Waals surface area (Å²) in [6.07, 6.45) is 1.43. The van der Waals surface area contributed by atoms with Gasteiger partial charge in [-0.05, 0) is 44.9 Å². The first kappa shape index (κ1) is 18.3. The Morgan fingerprint density at radius 3 is 2.85 bits per heavy atom. The van der Waals surface area contributed by atoms with E-state index < -0.39 is 11.4 Å². The summed E-state index contributed by atoms with van der Waals surface area (Å²) in [5.41, 5.74) is -0.0983. The Labute approximate surface area is 151 Å². The van der Waals surface area contributed by atoms with Crippen LogP contribution >= 0.6 is 0 Å². The van der Waals surface area contributed by atoms with Crippen molar-refractivity contribution in [2.45, 2.75) is 44.9 Å². The van der Waals surface area contributed by atoms with Gasteiger partial charge in [0.2, 0.25) is 5.91 Å². The van der Waals surface area contributed by atoms with E-state index in [2.05, 4.69) is 10.4 Å². The number of ether oxygens (including phenoxy) is 1. The van der Waals surface area contributed by atoms with Crippen molar-refractivity contribution >= 4 is 5.91 Å². The number of halogens is 1. The number of amides is 1. The summed E-state index contributed by atoms with van der Waals surface area (Å²) in [7, 11) is 0. The van der Waals surface area contributed by atoms with Crippen LogP contribution in [0.15, 0.2) is 41.2 Å². The van der Waals surface area contributed by atoms with Gasteiger partial charge in [-0.2, -0.15) is 5.10 Å². The summed E-state index contributed by atoms with van der Waals surface area (Å²) in [6, 6.07) is 8.92. The van der Waals surface area contributed by atoms with Crippen molar-refractivity contribution < 1.29 is 13.9 Å². The van der Waals surface area contributed by atoms with E-state index in [4.69, 9.17) is 4.74 Å². The van der Waals surface area contributed by atoms with Crippen LogP contribution in [0.4, 0.5) is 4.39 Å². The summed E-state index contributed by atoms with van der Waals surface area (Å²) in [4.78, 5) is 24.4. The van der Waals surface area contributed by atoms with Gasteiger partial charge in [0.05, 0.1) is 11.3 Å². The summed E-state index contributed by atoms with van der Waals surface area (Å²) in [5.74, 6) is -0.730. The van der Waals surface area contributed by atoms with Crippen molar-refractivity contribution in [3.05, 3.63) is 52.6 Å². The lowest BCUT2D eigenvalue weighted by molar-refractivity contribution is -0.124. The van der Waals surface area contributed by atoms with Crippen LogP contribution in [0.2, 0.25) is 0 Å². The molecule has 0 spiro atoms. The molecule has 3 rings (SSSR count). The van der Waals surface area contributed by atoms with Crippen LogP contribution in [0.3, 0.4) is 0 Å². The van der Waals surface area contributed by atoms with E-state index in [-0.39, 0.29) is 29.7 Å². The van der Waals surface area contributed by atoms with Gasteiger partial charge in [0.1, 0.15) is 12.4 Å². The topological polar surface area (TPSA) is 73.2 Å². The number of hydrogen-bond acceptors (Lipinski definition) is 4. The molecule has 1 aliphatic rings. The SMILES string of the molecule is CC1(C)C[C@H](NC(=O)Cn2nc(-c3ccccc3F)ccc2=O)CCO1. The largest absolute Gasteiger partial charge is 0.375 e. The van der Waals surface area contributed by atoms with Gasteiger partial charge in [0, 0.05) is 24.3 Å². The maximum atomic E-state index is 13.9. The van der Waals surface area contributed by atoms with Crippen molar-refractivity contribution in [1.82, 2.24) is 15.1 Å². The first-order valence-electron chi connectivity index (χ1n) is 8.60. The normalized spacial score (nSPS) is 19.1. The lowest BCUT2D eigenvalue weighted by Gasteiger charge is -2.35. The number of rotatable bonds is 4. The smallest absolute Gasteiger partial charge is 0.267 e. The fourth-order valence-electron chi connectivity index (χ4n) is 3.14. The van der Waals surface area contributed by atoms with Gasteiger partial charge in [-0.1, -0.05) is 12.1 Å². The van der Waals surface area contributed by atoms with Gasteiger partial charge in [0.25, 0.3) is 5.56 Å². The fraction of sp³-hybridized carbons (Fsp3) is 0.421. The molecule has 1 aromatic heterocycles. The standard InChI is InChI=1S/C19H22FN3O3/c1-19(2)11-13(9-10-26-19)21-17(24)12-23-18(25)8-7-16(22-23)14-5-3-4-6-15(14)20/h3-8,13H,9-12H2,1-2H3,(H,21,24)/t13-/m1/s1. The van der Waals surface area contributed by atoms with Crippen LogP contribution < -0.4 is 10.9 Å². The van der Waals surface area contributed by atoms with Crippen LogP contribution in [0, 0.1) is 5.82 Å². The average molecular weight is 359 g/mol. The third kappa shape index (κ3) is 4.35. The molecular weight excluding hydrogens is 337 g/mol. The summed E-state index contributed by atoms with van der Waals surface area (Å²) in [5, 5.41) is 7.07. The van der Waals surface area contributed by atoms with Crippen LogP contribution in [0.1, 0.15) is 26.7 Å². The van der Waals surface area contributed by atoms with E-state index in [9.17, 15) is 14.0 Å². The number of nitrogens with zero attached hydrogens (tertiary/aromatic N) is 2. The van der Waals surface area contributed by atoms with Gasteiger partial charge in [-0.15, -0.1) is 0 Å². The molecule has 0 bridgehead atoms. The Bertz CT molecular complexity index is 863. The maximum absolute atomic E-state index is 13.9. The molecule has 7 heteroatoms. The molecule has 0 radical (unpaired) electrons. The first-order chi connectivity index (χ1) is 12.3. The molecule has 0 saturated carbocycles. The third-order valence-electron chi connectivity index (χ3n) is 4.37. The van der Waals surface area contributed by atoms with Gasteiger partial charge in [-0.3, -0.25) is 9.59 Å². The fourth-order valence-corrected chi connectivity index (χ4v) is 3.14. The van der Waals surface area contributed by atoms with Gasteiger partial charge < -0.3 is 10.1 Å². The molecule has 2 heterocycles. The highest BCUT2D eigenvalue weighted by molar-refractivity contribution is 5.76. The zero-order valence-corrected chi connectivity index (χ0v) is 14.9. The van der Waals surface area contributed by atoms with E-state index in [1.54, 1.807) is 18.2 Å². The second kappa shape index (κ2) is 7.37. The van der Waals surface area contributed by atoms with Crippen molar-refractivity contribution in [1.29, 1.82) is 0 Å². The molecule has 1 aliphatic heterocycles. The molecule has 1 fully saturated rings. The Hall–Kier alpha value is -2.54. The molecule has 6 nitrogen and oxygen atoms in total. The third-order valence-corrected chi connectivity index (χ3v) is 4.37. The molecule has 2 aromatic rings. The molecule has 1 atom stereocenters. The number of nitrogens with one attached hydrogen (secondary N) is 1. The van der Waals surface area contributed by atoms with Gasteiger partial charge in [0.15, 0.2) is 0 Å². The highest BCUT2D eigenvalue weighted by Crippen LogP contribution is 2.24. The minimum atomic E-state index is -0.431. The monoisotopic (exact) mass is 359 g/mol. The predicted molar refractivity (Wildman–Crippen MR) is 95.1 cm³/mol. The molecule has 1 amide bonds. The Morgan fingerprint density at radius 1 is 1.35 bits per heavy atom. The Kier molecular flexibility index (Phi) is 5.18. The van der Waals surface area contributed by atoms with E-state index in [0.717, 1.165) is 11.1 Å². The predicted octanol–water partition coefficient (Wildman–Crippen LogP) is 2.12. The van der Waals surface area contributed by atoms with Crippen LogP contribution in [0.5, 0.6) is 0 Å². The summed E-state index contributed by atoms with van der Waals surface area (Å²) in [6.45, 7) is 4.34. The Morgan fingerprint density at radius 2 is 2.12 bits per heavy atom. The molecule has 1 N–H and O–H groups in total. The van der Waals surface area contributed by atoms with Crippen molar-refractivity contribution in [2.75, 3.05) is 6.61 Å². The average Bonchev–Trinajstić information content (AvgIpc) is 2.56. The maximum Gasteiger partial charge on any atom is 0.267 e. The molecule has 26 heavy (non-hydrogen) atoms. The summed E-state index contributed by atoms with van der Waals surface area (Å²) >= 11 is 0. The first-order valence-corrected chi connectivity index (χ1v) is 8.60. The second-order valence-corrected chi connectivity index (χ2v) is 7.06. The van der Waals surface area contributed by atoms with E-state index >= 15 is 0 Å². The van der Waals surface area contributed by atoms with Crippen molar-refractivity contribution in [3.63, 3.8) is 0 Å². The van der Waals surface area contributed by atoms with Crippen LogP contribution in [-0.2, 0) is 16.1 Å². The van der Waals surface area contributed by atoms with Gasteiger partial charge >= 0.3 is 0 Å². The Balaban J connectivity index is 1.73. The van der Waals surface area contributed by atoms with Gasteiger partial charge in [-0.25, -0.2) is 9.07 Å². The number of hydrogen-bond donors (Lipinski definition) is 1. The zero-order chi connectivity index (χ0) is 18.7. The van der Waals surface area contributed by atoms with Crippen molar-refractivity contribution in [3.8, 4) is 11.3 Å². The van der Waals surface area contributed by atoms with Crippen LogP contribution in [0.25, 0.3) is 11.3 Å². The lowest BCUT2D eigenvalue weighted by atomic mass is 9.94. The minimum absolute atomic E-state index is 0.00305. The van der Waals surface area contributed by atoms with Crippen LogP contribution in [-0.4, -0.2) is 33.9 Å². The van der Waals surface area contributed by atoms with E-state index in [0.29, 0.717) is 18.7 Å². The van der Waals surface area contributed by atoms with Crippen molar-refractivity contribution in [2.24, 2.45) is 0 Å². The lowest BCUT2D eigenvalue weighted by Crippen LogP contribution is -2.47. The van der Waals surface area contributed by atoms with E-state index in [1.807, 2.05) is 13.8 Å². The number of benzene rings is 1. The number of carbonyl (C=O) groups is 1. The molecule has 138 valence electrons. The highest BCUT2D eigenvalue weighted by Gasteiger charge is 2.29. The highest BCUT2D eigenvalue weighted by atomic mass is 19.1. The zero-order valence-electron chi connectivity index (χ0n) is 14.9.